The average Bonchev–Trinajstić information content (AvgIpc) is 2.89. The number of carbonyl (C=O) groups is 2. The number of fused-ring (bicyclic) bond motifs is 7. The summed E-state index contributed by atoms with van der Waals surface area (Å²) in [5, 5.41) is 0. The van der Waals surface area contributed by atoms with E-state index in [9.17, 15) is 9.59 Å². The third-order valence-electron chi connectivity index (χ3n) is 13.8. The molecule has 0 spiro atoms. The van der Waals surface area contributed by atoms with E-state index >= 15 is 0 Å². The summed E-state index contributed by atoms with van der Waals surface area (Å²) in [5.41, 5.74) is 0.840. The molecule has 0 radical (unpaired) electrons. The fourth-order valence-electron chi connectivity index (χ4n) is 11.2. The Bertz CT molecular complexity index is 1020. The Morgan fingerprint density at radius 2 is 1.82 bits per heavy atom. The van der Waals surface area contributed by atoms with Gasteiger partial charge in [0.15, 0.2) is 0 Å². The summed E-state index contributed by atoms with van der Waals surface area (Å²) in [6.07, 6.45) is 14.8. The molecule has 4 unspecified atom stereocenters. The molecule has 0 aliphatic heterocycles. The summed E-state index contributed by atoms with van der Waals surface area (Å²) in [7, 11) is 1.80. The van der Waals surface area contributed by atoms with Crippen molar-refractivity contribution in [2.45, 2.75) is 105 Å². The first-order valence-electron chi connectivity index (χ1n) is 15.4. The maximum Gasteiger partial charge on any atom is 0.315 e. The first-order valence-corrected chi connectivity index (χ1v) is 15.4. The van der Waals surface area contributed by atoms with E-state index in [2.05, 4.69) is 54.2 Å². The van der Waals surface area contributed by atoms with Gasteiger partial charge in [0.2, 0.25) is 0 Å². The zero-order chi connectivity index (χ0) is 27.7. The molecule has 5 aliphatic rings. The lowest BCUT2D eigenvalue weighted by Gasteiger charge is -2.71. The molecule has 4 nitrogen and oxygen atoms in total. The molecular weight excluding hydrogens is 472 g/mol. The minimum absolute atomic E-state index is 0.0465. The summed E-state index contributed by atoms with van der Waals surface area (Å²) < 4.78 is 12.2. The third kappa shape index (κ3) is 3.43. The number of rotatable bonds is 5. The van der Waals surface area contributed by atoms with Crippen molar-refractivity contribution < 1.29 is 19.1 Å². The quantitative estimate of drug-likeness (QED) is 0.211. The lowest BCUT2D eigenvalue weighted by atomic mass is 9.33. The molecule has 0 amide bonds. The predicted molar refractivity (Wildman–Crippen MR) is 151 cm³/mol. The van der Waals surface area contributed by atoms with Crippen LogP contribution in [0.1, 0.15) is 99.3 Å². The molecule has 0 N–H and O–H groups in total. The van der Waals surface area contributed by atoms with Crippen molar-refractivity contribution in [2.75, 3.05) is 13.7 Å². The number of aldehydes is 1. The van der Waals surface area contributed by atoms with Gasteiger partial charge in [-0.05, 0) is 104 Å². The highest BCUT2D eigenvalue weighted by Gasteiger charge is 2.71. The molecule has 212 valence electrons. The van der Waals surface area contributed by atoms with Crippen LogP contribution in [0.15, 0.2) is 24.3 Å². The molecule has 4 saturated carbocycles. The van der Waals surface area contributed by atoms with Gasteiger partial charge in [-0.25, -0.2) is 0 Å². The van der Waals surface area contributed by atoms with Crippen molar-refractivity contribution in [2.24, 2.45) is 56.7 Å². The fourth-order valence-corrected chi connectivity index (χ4v) is 11.2. The number of allylic oxidation sites excluding steroid dienone is 2. The Kier molecular flexibility index (Phi) is 6.89. The molecule has 5 rings (SSSR count). The summed E-state index contributed by atoms with van der Waals surface area (Å²) in [6, 6.07) is 0. The van der Waals surface area contributed by atoms with Crippen LogP contribution in [0.3, 0.4) is 0 Å². The van der Waals surface area contributed by atoms with Crippen LogP contribution >= 0.6 is 0 Å². The second-order valence-corrected chi connectivity index (χ2v) is 15.0. The van der Waals surface area contributed by atoms with Gasteiger partial charge in [0.05, 0.1) is 6.10 Å². The largest absolute Gasteiger partial charge is 0.461 e. The van der Waals surface area contributed by atoms with E-state index in [0.717, 1.165) is 51.4 Å². The van der Waals surface area contributed by atoms with Crippen LogP contribution in [0, 0.1) is 56.7 Å². The number of hydrogen-bond donors (Lipinski definition) is 0. The molecule has 5 aliphatic carbocycles. The topological polar surface area (TPSA) is 52.6 Å². The van der Waals surface area contributed by atoms with Crippen LogP contribution in [0.4, 0.5) is 0 Å². The fraction of sp³-hybridized carbons (Fsp3) is 0.824. The van der Waals surface area contributed by atoms with Crippen molar-refractivity contribution in [1.82, 2.24) is 0 Å². The lowest BCUT2D eigenvalue weighted by molar-refractivity contribution is -0.214. The second-order valence-electron chi connectivity index (χ2n) is 15.0. The zero-order valence-corrected chi connectivity index (χ0v) is 25.1. The van der Waals surface area contributed by atoms with Gasteiger partial charge in [-0.1, -0.05) is 65.8 Å². The Morgan fingerprint density at radius 3 is 2.47 bits per heavy atom. The van der Waals surface area contributed by atoms with Gasteiger partial charge in [-0.2, -0.15) is 0 Å². The first kappa shape index (κ1) is 28.1. The van der Waals surface area contributed by atoms with E-state index in [1.54, 1.807) is 13.2 Å². The van der Waals surface area contributed by atoms with E-state index in [-0.39, 0.29) is 46.3 Å². The molecule has 4 fully saturated rings. The van der Waals surface area contributed by atoms with Gasteiger partial charge < -0.3 is 14.3 Å². The predicted octanol–water partition coefficient (Wildman–Crippen LogP) is 7.57. The highest BCUT2D eigenvalue weighted by atomic mass is 16.5. The number of ether oxygens (including phenoxy) is 2. The molecule has 0 bridgehead atoms. The van der Waals surface area contributed by atoms with Crippen LogP contribution in [-0.4, -0.2) is 32.1 Å². The maximum absolute atomic E-state index is 13.9. The van der Waals surface area contributed by atoms with Crippen LogP contribution in [0.5, 0.6) is 0 Å². The number of hydrogen-bond acceptors (Lipinski definition) is 4. The highest BCUT2D eigenvalue weighted by Crippen LogP contribution is 2.75. The molecule has 0 aromatic heterocycles. The molecule has 0 aromatic carbocycles. The molecule has 0 saturated heterocycles. The monoisotopic (exact) mass is 524 g/mol. The van der Waals surface area contributed by atoms with Gasteiger partial charge in [0.25, 0.3) is 0 Å². The summed E-state index contributed by atoms with van der Waals surface area (Å²) in [6.45, 7) is 18.5. The van der Waals surface area contributed by atoms with E-state index in [1.807, 2.05) is 0 Å². The standard InChI is InChI=1S/C34H52O4/c1-9-18-38-29(36)34-17-12-22(2)19-25(34)24-10-11-27-30(4)15-13-23(3)31(5,21-35)26(30)14-16-32(27,6)33(24,7)20-28(34)37-8/h9-10,21-23,25-28H,1,11-20H2,2-8H3/t22-,23+,25?,26-,27?,28?,30?,31+,32+,33-,34-/m1/s1. The summed E-state index contributed by atoms with van der Waals surface area (Å²) in [4.78, 5) is 26.5. The SMILES string of the molecule is C=CCOC(=O)[C@]12CC[C@@H](C)CC1C1=CCC3C4(C)CC[C@H](C)[C@](C)(C=O)[C@@H]4CC[C@]3(C)[C@]1(C)CC2OC. The minimum Gasteiger partial charge on any atom is -0.461 e. The maximum atomic E-state index is 13.9. The van der Waals surface area contributed by atoms with Crippen LogP contribution < -0.4 is 0 Å². The van der Waals surface area contributed by atoms with Crippen molar-refractivity contribution in [3.63, 3.8) is 0 Å². The Balaban J connectivity index is 1.62. The highest BCUT2D eigenvalue weighted by molar-refractivity contribution is 5.80. The number of esters is 1. The number of methoxy groups -OCH3 is 1. The number of carbonyl (C=O) groups excluding carboxylic acids is 2. The van der Waals surface area contributed by atoms with Crippen molar-refractivity contribution in [3.8, 4) is 0 Å². The summed E-state index contributed by atoms with van der Waals surface area (Å²) >= 11 is 0. The second kappa shape index (κ2) is 9.32. The third-order valence-corrected chi connectivity index (χ3v) is 13.8. The van der Waals surface area contributed by atoms with E-state index in [1.165, 1.54) is 18.3 Å². The van der Waals surface area contributed by atoms with Crippen molar-refractivity contribution in [1.29, 1.82) is 0 Å². The van der Waals surface area contributed by atoms with E-state index in [0.29, 0.717) is 23.7 Å². The van der Waals surface area contributed by atoms with Crippen LogP contribution in [0.2, 0.25) is 0 Å². The van der Waals surface area contributed by atoms with Gasteiger partial charge in [0.1, 0.15) is 18.3 Å². The van der Waals surface area contributed by atoms with Gasteiger partial charge in [-0.15, -0.1) is 0 Å². The molecule has 0 aromatic rings. The molecule has 4 heteroatoms. The Hall–Kier alpha value is -1.42. The Labute approximate surface area is 231 Å². The zero-order valence-electron chi connectivity index (χ0n) is 25.1. The molecule has 0 heterocycles. The average molecular weight is 525 g/mol. The van der Waals surface area contributed by atoms with Gasteiger partial charge in [-0.3, -0.25) is 4.79 Å². The van der Waals surface area contributed by atoms with Gasteiger partial charge >= 0.3 is 5.97 Å². The normalized spacial score (nSPS) is 51.8. The minimum atomic E-state index is -0.615. The Morgan fingerprint density at radius 1 is 1.08 bits per heavy atom. The molecule has 38 heavy (non-hydrogen) atoms. The molecular formula is C34H52O4. The smallest absolute Gasteiger partial charge is 0.315 e. The van der Waals surface area contributed by atoms with E-state index < -0.39 is 5.41 Å². The van der Waals surface area contributed by atoms with Gasteiger partial charge in [0, 0.05) is 12.5 Å². The lowest BCUT2D eigenvalue weighted by Crippen LogP contribution is -2.67. The first-order chi connectivity index (χ1) is 17.9. The van der Waals surface area contributed by atoms with Crippen molar-refractivity contribution >= 4 is 12.3 Å². The molecule has 11 atom stereocenters. The summed E-state index contributed by atoms with van der Waals surface area (Å²) in [5.74, 6) is 2.03. The van der Waals surface area contributed by atoms with Crippen LogP contribution in [-0.2, 0) is 19.1 Å². The van der Waals surface area contributed by atoms with E-state index in [4.69, 9.17) is 9.47 Å². The van der Waals surface area contributed by atoms with Crippen LogP contribution in [0.25, 0.3) is 0 Å². The van der Waals surface area contributed by atoms with Crippen molar-refractivity contribution in [3.05, 3.63) is 24.3 Å².